The summed E-state index contributed by atoms with van der Waals surface area (Å²) >= 11 is 0. The minimum Gasteiger partial charge on any atom is -0.455 e. The van der Waals surface area contributed by atoms with E-state index in [2.05, 4.69) is 22.8 Å². The SMILES string of the molecule is O=C(CNc1ccccc1Oc1ccccc1)NCCc1ccccc1. The highest BCUT2D eigenvalue weighted by Crippen LogP contribution is 2.28. The van der Waals surface area contributed by atoms with Crippen molar-refractivity contribution in [2.75, 3.05) is 18.4 Å². The number of nitrogens with one attached hydrogen (secondary N) is 2. The van der Waals surface area contributed by atoms with Gasteiger partial charge in [-0.05, 0) is 36.2 Å². The summed E-state index contributed by atoms with van der Waals surface area (Å²) < 4.78 is 5.89. The molecule has 0 atom stereocenters. The Morgan fingerprint density at radius 3 is 2.23 bits per heavy atom. The normalized spacial score (nSPS) is 10.2. The average molecular weight is 346 g/mol. The van der Waals surface area contributed by atoms with Crippen LogP contribution in [0.4, 0.5) is 5.69 Å². The molecule has 0 fully saturated rings. The van der Waals surface area contributed by atoms with Gasteiger partial charge in [-0.15, -0.1) is 0 Å². The summed E-state index contributed by atoms with van der Waals surface area (Å²) in [4.78, 5) is 12.1. The third-order valence-electron chi connectivity index (χ3n) is 3.88. The van der Waals surface area contributed by atoms with Crippen LogP contribution in [-0.2, 0) is 11.2 Å². The highest BCUT2D eigenvalue weighted by Gasteiger charge is 2.06. The number of carbonyl (C=O) groups is 1. The lowest BCUT2D eigenvalue weighted by atomic mass is 10.1. The standard InChI is InChI=1S/C22H22N2O2/c25-22(23-16-15-18-9-3-1-4-10-18)17-24-20-13-7-8-14-21(20)26-19-11-5-2-6-12-19/h1-14,24H,15-17H2,(H,23,25). The van der Waals surface area contributed by atoms with Crippen molar-refractivity contribution >= 4 is 11.6 Å². The molecule has 0 saturated heterocycles. The molecule has 0 bridgehead atoms. The van der Waals surface area contributed by atoms with Gasteiger partial charge in [0.25, 0.3) is 0 Å². The van der Waals surface area contributed by atoms with Crippen molar-refractivity contribution in [1.82, 2.24) is 5.32 Å². The van der Waals surface area contributed by atoms with Crippen LogP contribution in [0.5, 0.6) is 11.5 Å². The Balaban J connectivity index is 1.49. The molecule has 0 aliphatic heterocycles. The molecular weight excluding hydrogens is 324 g/mol. The number of benzene rings is 3. The molecule has 0 saturated carbocycles. The van der Waals surface area contributed by atoms with E-state index in [0.29, 0.717) is 12.3 Å². The first-order valence-corrected chi connectivity index (χ1v) is 8.68. The number of amides is 1. The number of para-hydroxylation sites is 3. The Bertz CT molecular complexity index is 820. The Kier molecular flexibility index (Phi) is 6.26. The first-order valence-electron chi connectivity index (χ1n) is 8.68. The lowest BCUT2D eigenvalue weighted by Crippen LogP contribution is -2.31. The second-order valence-corrected chi connectivity index (χ2v) is 5.85. The number of rotatable bonds is 8. The molecule has 4 heteroatoms. The third kappa shape index (κ3) is 5.38. The van der Waals surface area contributed by atoms with Gasteiger partial charge in [0, 0.05) is 6.54 Å². The maximum atomic E-state index is 12.1. The molecule has 0 aliphatic carbocycles. The number of ether oxygens (including phenoxy) is 1. The Hall–Kier alpha value is -3.27. The largest absolute Gasteiger partial charge is 0.455 e. The molecule has 26 heavy (non-hydrogen) atoms. The average Bonchev–Trinajstić information content (AvgIpc) is 2.69. The number of hydrogen-bond acceptors (Lipinski definition) is 3. The fraction of sp³-hybridized carbons (Fsp3) is 0.136. The van der Waals surface area contributed by atoms with Crippen molar-refractivity contribution in [2.24, 2.45) is 0 Å². The van der Waals surface area contributed by atoms with Gasteiger partial charge in [-0.3, -0.25) is 4.79 Å². The predicted octanol–water partition coefficient (Wildman–Crippen LogP) is 4.25. The quantitative estimate of drug-likeness (QED) is 0.641. The van der Waals surface area contributed by atoms with Crippen molar-refractivity contribution in [2.45, 2.75) is 6.42 Å². The van der Waals surface area contributed by atoms with Gasteiger partial charge in [0.15, 0.2) is 5.75 Å². The van der Waals surface area contributed by atoms with Gasteiger partial charge < -0.3 is 15.4 Å². The molecule has 1 amide bonds. The van der Waals surface area contributed by atoms with E-state index in [1.54, 1.807) is 0 Å². The van der Waals surface area contributed by atoms with E-state index in [1.165, 1.54) is 5.56 Å². The molecule has 4 nitrogen and oxygen atoms in total. The van der Waals surface area contributed by atoms with Gasteiger partial charge in [0.1, 0.15) is 5.75 Å². The first-order chi connectivity index (χ1) is 12.8. The molecule has 3 aromatic rings. The third-order valence-corrected chi connectivity index (χ3v) is 3.88. The zero-order valence-electron chi connectivity index (χ0n) is 14.5. The highest BCUT2D eigenvalue weighted by molar-refractivity contribution is 5.81. The maximum absolute atomic E-state index is 12.1. The molecule has 0 heterocycles. The topological polar surface area (TPSA) is 50.4 Å². The highest BCUT2D eigenvalue weighted by atomic mass is 16.5. The lowest BCUT2D eigenvalue weighted by molar-refractivity contribution is -0.119. The number of carbonyl (C=O) groups excluding carboxylic acids is 1. The van der Waals surface area contributed by atoms with Crippen molar-refractivity contribution in [1.29, 1.82) is 0 Å². The van der Waals surface area contributed by atoms with Crippen LogP contribution >= 0.6 is 0 Å². The van der Waals surface area contributed by atoms with E-state index in [0.717, 1.165) is 17.9 Å². The minimum atomic E-state index is -0.0459. The van der Waals surface area contributed by atoms with Crippen LogP contribution in [0.1, 0.15) is 5.56 Å². The van der Waals surface area contributed by atoms with Crippen molar-refractivity contribution in [3.8, 4) is 11.5 Å². The predicted molar refractivity (Wildman–Crippen MR) is 105 cm³/mol. The second-order valence-electron chi connectivity index (χ2n) is 5.85. The van der Waals surface area contributed by atoms with Gasteiger partial charge >= 0.3 is 0 Å². The van der Waals surface area contributed by atoms with Gasteiger partial charge in [0.05, 0.1) is 12.2 Å². The zero-order valence-corrected chi connectivity index (χ0v) is 14.5. The Morgan fingerprint density at radius 2 is 1.46 bits per heavy atom. The fourth-order valence-corrected chi connectivity index (χ4v) is 2.55. The molecule has 0 radical (unpaired) electrons. The summed E-state index contributed by atoms with van der Waals surface area (Å²) in [5.41, 5.74) is 2.00. The summed E-state index contributed by atoms with van der Waals surface area (Å²) in [6.45, 7) is 0.816. The molecule has 0 unspecified atom stereocenters. The van der Waals surface area contributed by atoms with Crippen LogP contribution in [0.2, 0.25) is 0 Å². The molecule has 2 N–H and O–H groups in total. The van der Waals surface area contributed by atoms with Crippen LogP contribution in [0.3, 0.4) is 0 Å². The van der Waals surface area contributed by atoms with Gasteiger partial charge in [-0.2, -0.15) is 0 Å². The number of anilines is 1. The van der Waals surface area contributed by atoms with E-state index in [1.807, 2.05) is 72.8 Å². The van der Waals surface area contributed by atoms with Crippen LogP contribution in [-0.4, -0.2) is 19.0 Å². The minimum absolute atomic E-state index is 0.0459. The van der Waals surface area contributed by atoms with Gasteiger partial charge in [-0.25, -0.2) is 0 Å². The van der Waals surface area contributed by atoms with E-state index >= 15 is 0 Å². The molecule has 0 aliphatic rings. The summed E-state index contributed by atoms with van der Waals surface area (Å²) in [6.07, 6.45) is 0.820. The molecular formula is C22H22N2O2. The first kappa shape index (κ1) is 17.5. The molecule has 132 valence electrons. The van der Waals surface area contributed by atoms with Crippen molar-refractivity contribution in [3.63, 3.8) is 0 Å². The Morgan fingerprint density at radius 1 is 0.808 bits per heavy atom. The van der Waals surface area contributed by atoms with E-state index in [-0.39, 0.29) is 12.5 Å². The maximum Gasteiger partial charge on any atom is 0.239 e. The van der Waals surface area contributed by atoms with E-state index in [4.69, 9.17) is 4.74 Å². The summed E-state index contributed by atoms with van der Waals surface area (Å²) in [5, 5.41) is 6.07. The molecule has 3 rings (SSSR count). The zero-order chi connectivity index (χ0) is 18.0. The summed E-state index contributed by atoms with van der Waals surface area (Å²) in [7, 11) is 0. The van der Waals surface area contributed by atoms with Crippen molar-refractivity contribution < 1.29 is 9.53 Å². The summed E-state index contributed by atoms with van der Waals surface area (Å²) in [6, 6.07) is 27.3. The van der Waals surface area contributed by atoms with Gasteiger partial charge in [-0.1, -0.05) is 60.7 Å². The smallest absolute Gasteiger partial charge is 0.239 e. The Labute approximate surface area is 153 Å². The molecule has 0 aromatic heterocycles. The van der Waals surface area contributed by atoms with Crippen LogP contribution in [0.25, 0.3) is 0 Å². The fourth-order valence-electron chi connectivity index (χ4n) is 2.55. The van der Waals surface area contributed by atoms with Gasteiger partial charge in [0.2, 0.25) is 5.91 Å². The van der Waals surface area contributed by atoms with E-state index < -0.39 is 0 Å². The van der Waals surface area contributed by atoms with Crippen molar-refractivity contribution in [3.05, 3.63) is 90.5 Å². The monoisotopic (exact) mass is 346 g/mol. The van der Waals surface area contributed by atoms with E-state index in [9.17, 15) is 4.79 Å². The second kappa shape index (κ2) is 9.28. The van der Waals surface area contributed by atoms with Crippen LogP contribution in [0, 0.1) is 0 Å². The van der Waals surface area contributed by atoms with Crippen LogP contribution in [0.15, 0.2) is 84.9 Å². The molecule has 3 aromatic carbocycles. The molecule has 0 spiro atoms. The number of hydrogen-bond donors (Lipinski definition) is 2. The lowest BCUT2D eigenvalue weighted by Gasteiger charge is -2.13. The summed E-state index contributed by atoms with van der Waals surface area (Å²) in [5.74, 6) is 1.40. The van der Waals surface area contributed by atoms with Crippen LogP contribution < -0.4 is 15.4 Å².